The summed E-state index contributed by atoms with van der Waals surface area (Å²) in [5, 5.41) is 13.7. The highest BCUT2D eigenvalue weighted by atomic mass is 19.3. The summed E-state index contributed by atoms with van der Waals surface area (Å²) in [6, 6.07) is 7.51. The monoisotopic (exact) mass is 454 g/mol. The van der Waals surface area contributed by atoms with Crippen molar-refractivity contribution < 1.29 is 42.2 Å². The second-order valence-corrected chi connectivity index (χ2v) is 6.12. The molecule has 1 amide bonds. The van der Waals surface area contributed by atoms with E-state index in [4.69, 9.17) is 14.2 Å². The maximum absolute atomic E-state index is 12.6. The van der Waals surface area contributed by atoms with Crippen molar-refractivity contribution in [1.29, 1.82) is 0 Å². The summed E-state index contributed by atoms with van der Waals surface area (Å²) in [6.45, 7) is -0.0381. The minimum atomic E-state index is -3.11. The average molecular weight is 454 g/mol. The molecule has 2 rings (SSSR count). The van der Waals surface area contributed by atoms with Crippen LogP contribution in [0.1, 0.15) is 24.2 Å². The first-order valence-corrected chi connectivity index (χ1v) is 9.22. The molecule has 2 aromatic carbocycles. The van der Waals surface area contributed by atoms with Gasteiger partial charge in [0.25, 0.3) is 11.6 Å². The third-order valence-electron chi connectivity index (χ3n) is 4.01. The average Bonchev–Trinajstić information content (AvgIpc) is 2.74. The maximum atomic E-state index is 12.6. The van der Waals surface area contributed by atoms with Gasteiger partial charge in [0.15, 0.2) is 17.6 Å². The Hall–Kier alpha value is -3.96. The number of carbonyl (C=O) groups is 2. The van der Waals surface area contributed by atoms with E-state index in [2.05, 4.69) is 10.1 Å². The molecule has 2 aromatic rings. The SMILES string of the molecule is CCOc1cc(C(=O)OC(C)C(=O)Nc2ccccc2OC(F)F)c([N+](=O)[O-])cc1OC. The van der Waals surface area contributed by atoms with Gasteiger partial charge in [0.05, 0.1) is 30.4 Å². The highest BCUT2D eigenvalue weighted by Crippen LogP contribution is 2.35. The summed E-state index contributed by atoms with van der Waals surface area (Å²) in [4.78, 5) is 35.6. The van der Waals surface area contributed by atoms with Crippen LogP contribution in [0.4, 0.5) is 20.2 Å². The number of amides is 1. The van der Waals surface area contributed by atoms with Crippen LogP contribution in [0.3, 0.4) is 0 Å². The number of rotatable bonds is 10. The van der Waals surface area contributed by atoms with Gasteiger partial charge in [-0.25, -0.2) is 4.79 Å². The fourth-order valence-electron chi connectivity index (χ4n) is 2.57. The number of esters is 1. The van der Waals surface area contributed by atoms with E-state index in [0.29, 0.717) is 0 Å². The van der Waals surface area contributed by atoms with Crippen molar-refractivity contribution in [3.05, 3.63) is 52.1 Å². The van der Waals surface area contributed by atoms with Crippen molar-refractivity contribution in [3.63, 3.8) is 0 Å². The standard InChI is InChI=1S/C20H20F2N2O8/c1-4-30-17-9-12(14(24(27)28)10-16(17)29-3)19(26)31-11(2)18(25)23-13-7-5-6-8-15(13)32-20(21)22/h5-11,20H,4H2,1-3H3,(H,23,25). The minimum Gasteiger partial charge on any atom is -0.493 e. The van der Waals surface area contributed by atoms with Gasteiger partial charge in [-0.2, -0.15) is 8.78 Å². The number of halogens is 2. The van der Waals surface area contributed by atoms with Crippen molar-refractivity contribution in [2.45, 2.75) is 26.6 Å². The number of anilines is 1. The lowest BCUT2D eigenvalue weighted by Crippen LogP contribution is -2.30. The van der Waals surface area contributed by atoms with E-state index in [1.54, 1.807) is 6.92 Å². The summed E-state index contributed by atoms with van der Waals surface area (Å²) < 4.78 is 44.8. The van der Waals surface area contributed by atoms with E-state index in [1.165, 1.54) is 38.3 Å². The van der Waals surface area contributed by atoms with Gasteiger partial charge in [0, 0.05) is 6.07 Å². The number of nitrogens with zero attached hydrogens (tertiary/aromatic N) is 1. The first-order chi connectivity index (χ1) is 15.2. The topological polar surface area (TPSA) is 126 Å². The second-order valence-electron chi connectivity index (χ2n) is 6.12. The lowest BCUT2D eigenvalue weighted by molar-refractivity contribution is -0.385. The molecule has 0 fully saturated rings. The van der Waals surface area contributed by atoms with Crippen LogP contribution in [0.5, 0.6) is 17.2 Å². The molecule has 0 aliphatic heterocycles. The number of alkyl halides is 2. The highest BCUT2D eigenvalue weighted by Gasteiger charge is 2.29. The van der Waals surface area contributed by atoms with Gasteiger partial charge in [0.1, 0.15) is 11.3 Å². The fourth-order valence-corrected chi connectivity index (χ4v) is 2.57. The Balaban J connectivity index is 2.22. The number of ether oxygens (including phenoxy) is 4. The van der Waals surface area contributed by atoms with Gasteiger partial charge in [-0.05, 0) is 26.0 Å². The second kappa shape index (κ2) is 10.9. The predicted molar refractivity (Wildman–Crippen MR) is 107 cm³/mol. The number of benzene rings is 2. The first-order valence-electron chi connectivity index (χ1n) is 9.22. The molecule has 0 aromatic heterocycles. The molecule has 0 saturated carbocycles. The number of methoxy groups -OCH3 is 1. The molecular weight excluding hydrogens is 434 g/mol. The summed E-state index contributed by atoms with van der Waals surface area (Å²) in [6.07, 6.45) is -1.43. The molecule has 12 heteroatoms. The normalized spacial score (nSPS) is 11.4. The van der Waals surface area contributed by atoms with Crippen LogP contribution in [0.2, 0.25) is 0 Å². The van der Waals surface area contributed by atoms with E-state index >= 15 is 0 Å². The largest absolute Gasteiger partial charge is 0.493 e. The number of para-hydroxylation sites is 2. The molecule has 1 N–H and O–H groups in total. The molecule has 0 aliphatic rings. The Bertz CT molecular complexity index is 1000. The van der Waals surface area contributed by atoms with Crippen molar-refractivity contribution >= 4 is 23.3 Å². The van der Waals surface area contributed by atoms with Crippen molar-refractivity contribution in [3.8, 4) is 17.2 Å². The smallest absolute Gasteiger partial charge is 0.387 e. The quantitative estimate of drug-likeness (QED) is 0.326. The van der Waals surface area contributed by atoms with E-state index in [1.807, 2.05) is 0 Å². The van der Waals surface area contributed by atoms with E-state index < -0.39 is 40.8 Å². The van der Waals surface area contributed by atoms with Crippen LogP contribution in [0.15, 0.2) is 36.4 Å². The molecule has 0 aliphatic carbocycles. The molecule has 0 spiro atoms. The van der Waals surface area contributed by atoms with Gasteiger partial charge in [-0.3, -0.25) is 14.9 Å². The molecule has 1 atom stereocenters. The van der Waals surface area contributed by atoms with Crippen LogP contribution >= 0.6 is 0 Å². The predicted octanol–water partition coefficient (Wildman–Crippen LogP) is 3.79. The Kier molecular flexibility index (Phi) is 8.27. The third-order valence-corrected chi connectivity index (χ3v) is 4.01. The Labute approximate surface area is 181 Å². The highest BCUT2D eigenvalue weighted by molar-refractivity contribution is 6.00. The number of nitrogens with one attached hydrogen (secondary N) is 1. The number of nitro benzene ring substituents is 1. The number of hydrogen-bond donors (Lipinski definition) is 1. The van der Waals surface area contributed by atoms with Crippen LogP contribution in [0, 0.1) is 10.1 Å². The summed E-state index contributed by atoms with van der Waals surface area (Å²) in [5.41, 5.74) is -1.14. The van der Waals surface area contributed by atoms with Crippen molar-refractivity contribution in [2.75, 3.05) is 19.0 Å². The van der Waals surface area contributed by atoms with Gasteiger partial charge in [-0.15, -0.1) is 0 Å². The molecule has 172 valence electrons. The summed E-state index contributed by atoms with van der Waals surface area (Å²) >= 11 is 0. The fraction of sp³-hybridized carbons (Fsp3) is 0.300. The van der Waals surface area contributed by atoms with Crippen LogP contribution in [-0.4, -0.2) is 43.2 Å². The molecule has 32 heavy (non-hydrogen) atoms. The van der Waals surface area contributed by atoms with Crippen molar-refractivity contribution in [1.82, 2.24) is 0 Å². The number of nitro groups is 1. The van der Waals surface area contributed by atoms with Gasteiger partial charge < -0.3 is 24.3 Å². The number of hydrogen-bond acceptors (Lipinski definition) is 8. The molecule has 10 nitrogen and oxygen atoms in total. The van der Waals surface area contributed by atoms with Crippen molar-refractivity contribution in [2.24, 2.45) is 0 Å². The Morgan fingerprint density at radius 1 is 1.16 bits per heavy atom. The van der Waals surface area contributed by atoms with E-state index in [9.17, 15) is 28.5 Å². The minimum absolute atomic E-state index is 0.0385. The molecule has 0 saturated heterocycles. The third kappa shape index (κ3) is 6.03. The summed E-state index contributed by atoms with van der Waals surface area (Å²) in [5.74, 6) is -2.22. The van der Waals surface area contributed by atoms with E-state index in [-0.39, 0.29) is 29.5 Å². The van der Waals surface area contributed by atoms with Crippen LogP contribution < -0.4 is 19.5 Å². The van der Waals surface area contributed by atoms with Gasteiger partial charge >= 0.3 is 12.6 Å². The molecular formula is C20H20F2N2O8. The zero-order valence-corrected chi connectivity index (χ0v) is 17.3. The Morgan fingerprint density at radius 3 is 2.44 bits per heavy atom. The van der Waals surface area contributed by atoms with Gasteiger partial charge in [0.2, 0.25) is 0 Å². The van der Waals surface area contributed by atoms with Crippen LogP contribution in [-0.2, 0) is 9.53 Å². The molecule has 0 heterocycles. The molecule has 0 bridgehead atoms. The zero-order chi connectivity index (χ0) is 23.8. The van der Waals surface area contributed by atoms with Gasteiger partial charge in [-0.1, -0.05) is 12.1 Å². The lowest BCUT2D eigenvalue weighted by atomic mass is 10.1. The van der Waals surface area contributed by atoms with Crippen LogP contribution in [0.25, 0.3) is 0 Å². The zero-order valence-electron chi connectivity index (χ0n) is 17.3. The number of carbonyl (C=O) groups excluding carboxylic acids is 2. The summed E-state index contributed by atoms with van der Waals surface area (Å²) in [7, 11) is 1.28. The molecule has 0 radical (unpaired) electrons. The molecule has 1 unspecified atom stereocenters. The first kappa shape index (κ1) is 24.3. The maximum Gasteiger partial charge on any atom is 0.387 e. The Morgan fingerprint density at radius 2 is 1.84 bits per heavy atom. The van der Waals surface area contributed by atoms with E-state index in [0.717, 1.165) is 12.1 Å². The lowest BCUT2D eigenvalue weighted by Gasteiger charge is -2.16.